The van der Waals surface area contributed by atoms with Crippen LogP contribution in [0.25, 0.3) is 0 Å². The summed E-state index contributed by atoms with van der Waals surface area (Å²) < 4.78 is 0.720. The Hall–Kier alpha value is 1.61. The topological polar surface area (TPSA) is 24.4 Å². The summed E-state index contributed by atoms with van der Waals surface area (Å²) in [5.41, 5.74) is 0. The predicted molar refractivity (Wildman–Crippen MR) is 62.4 cm³/mol. The third-order valence-electron chi connectivity index (χ3n) is 0.629. The summed E-state index contributed by atoms with van der Waals surface area (Å²) in [5, 5.41) is 2.80. The minimum absolute atomic E-state index is 0. The maximum atomic E-state index is 4.63. The minimum atomic E-state index is 0. The normalized spacial score (nSPS) is 7.73. The molecule has 0 bridgehead atoms. The average Bonchev–Trinajstić information content (AvgIpc) is 1.79. The molecular formula is C4H6CaN2S4. The van der Waals surface area contributed by atoms with Gasteiger partial charge in [-0.05, 0) is 0 Å². The van der Waals surface area contributed by atoms with Crippen LogP contribution in [0.4, 0.5) is 0 Å². The fraction of sp³-hybridized carbons (Fsp3) is 0.500. The summed E-state index contributed by atoms with van der Waals surface area (Å²) in [4.78, 5) is 3.79. The van der Waals surface area contributed by atoms with E-state index in [-0.39, 0.29) is 42.1 Å². The van der Waals surface area contributed by atoms with Gasteiger partial charge in [-0.1, -0.05) is 12.2 Å². The second-order valence-corrected chi connectivity index (χ2v) is 3.57. The summed E-state index contributed by atoms with van der Waals surface area (Å²) >= 11 is 17.6. The Morgan fingerprint density at radius 3 is 2.45 bits per heavy atom. The van der Waals surface area contributed by atoms with Gasteiger partial charge in [0.15, 0.2) is 0 Å². The molecule has 0 aromatic rings. The molecule has 0 aliphatic carbocycles. The van der Waals surface area contributed by atoms with Crippen LogP contribution < -0.4 is 5.32 Å². The fourth-order valence-corrected chi connectivity index (χ4v) is 0.706. The van der Waals surface area contributed by atoms with Gasteiger partial charge in [0.25, 0.3) is 0 Å². The molecule has 11 heavy (non-hydrogen) atoms. The molecule has 0 saturated carbocycles. The number of nitrogens with one attached hydrogen (secondary N) is 1. The second-order valence-electron chi connectivity index (χ2n) is 1.38. The number of hydrogen-bond donors (Lipinski definition) is 2. The number of rotatable bonds is 3. The van der Waals surface area contributed by atoms with Crippen molar-refractivity contribution in [1.29, 1.82) is 0 Å². The Morgan fingerprint density at radius 2 is 2.09 bits per heavy atom. The van der Waals surface area contributed by atoms with E-state index in [0.717, 1.165) is 0 Å². The molecule has 1 N–H and O–H groups in total. The number of nitrogens with zero attached hydrogens (tertiary/aromatic N) is 1. The van der Waals surface area contributed by atoms with Crippen molar-refractivity contribution in [2.24, 2.45) is 4.99 Å². The van der Waals surface area contributed by atoms with Gasteiger partial charge in [-0.3, -0.25) is 0 Å². The van der Waals surface area contributed by atoms with Crippen LogP contribution in [0, 0.1) is 0 Å². The Balaban J connectivity index is 0. The van der Waals surface area contributed by atoms with Crippen LogP contribution in [-0.2, 0) is 25.3 Å². The molecule has 0 aromatic carbocycles. The smallest absolute Gasteiger partial charge is 0.789 e. The molecule has 0 rings (SSSR count). The van der Waals surface area contributed by atoms with Gasteiger partial charge < -0.3 is 35.6 Å². The zero-order chi connectivity index (χ0) is 7.98. The standard InChI is InChI=1S/C4H8N2S4.Ca/c7-3(8)5-1-2-6-4(9)10;/h1-2H2,(H2,5,7,8)(H2,6,9,10);/q;+2/p-2. The maximum Gasteiger partial charge on any atom is 2.00 e. The SMILES string of the molecule is S=C(S)NCCN=C([S-])[S-].[Ca+2]. The van der Waals surface area contributed by atoms with E-state index in [9.17, 15) is 0 Å². The zero-order valence-corrected chi connectivity index (χ0v) is 11.3. The van der Waals surface area contributed by atoms with E-state index >= 15 is 0 Å². The molecule has 0 aliphatic heterocycles. The van der Waals surface area contributed by atoms with Crippen molar-refractivity contribution in [3.63, 3.8) is 0 Å². The number of aliphatic imine (C=N–C) groups is 1. The molecule has 0 fully saturated rings. The predicted octanol–water partition coefficient (Wildman–Crippen LogP) is -0.140. The van der Waals surface area contributed by atoms with Gasteiger partial charge in [0, 0.05) is 6.54 Å². The molecule has 58 valence electrons. The van der Waals surface area contributed by atoms with E-state index < -0.39 is 0 Å². The van der Waals surface area contributed by atoms with E-state index in [1.165, 1.54) is 0 Å². The van der Waals surface area contributed by atoms with Gasteiger partial charge in [0.05, 0.1) is 6.54 Å². The Labute approximate surface area is 118 Å². The largest absolute Gasteiger partial charge is 2.00 e. The van der Waals surface area contributed by atoms with E-state index in [0.29, 0.717) is 17.4 Å². The average molecular weight is 250 g/mol. The third kappa shape index (κ3) is 14.5. The van der Waals surface area contributed by atoms with Crippen molar-refractivity contribution in [1.82, 2.24) is 5.32 Å². The van der Waals surface area contributed by atoms with Gasteiger partial charge in [-0.2, -0.15) is 0 Å². The molecule has 0 aliphatic rings. The van der Waals surface area contributed by atoms with Crippen molar-refractivity contribution in [3.05, 3.63) is 0 Å². The van der Waals surface area contributed by atoms with Crippen molar-refractivity contribution < 1.29 is 0 Å². The molecular weight excluding hydrogens is 244 g/mol. The minimum Gasteiger partial charge on any atom is -0.789 e. The van der Waals surface area contributed by atoms with Crippen LogP contribution in [0.15, 0.2) is 4.99 Å². The molecule has 7 heteroatoms. The Morgan fingerprint density at radius 1 is 1.55 bits per heavy atom. The van der Waals surface area contributed by atoms with Gasteiger partial charge >= 0.3 is 37.7 Å². The molecule has 0 aromatic heterocycles. The van der Waals surface area contributed by atoms with Crippen molar-refractivity contribution in [2.75, 3.05) is 13.1 Å². The zero-order valence-electron chi connectivity index (χ0n) is 5.74. The molecule has 0 heterocycles. The molecule has 0 saturated heterocycles. The van der Waals surface area contributed by atoms with Crippen LogP contribution in [0.1, 0.15) is 0 Å². The van der Waals surface area contributed by atoms with Crippen LogP contribution in [0.3, 0.4) is 0 Å². The quantitative estimate of drug-likeness (QED) is 0.139. The van der Waals surface area contributed by atoms with Crippen LogP contribution in [-0.4, -0.2) is 59.5 Å². The number of thiol groups is 1. The van der Waals surface area contributed by atoms with E-state index in [1.807, 2.05) is 0 Å². The van der Waals surface area contributed by atoms with Crippen LogP contribution >= 0.6 is 24.8 Å². The molecule has 0 spiro atoms. The second kappa shape index (κ2) is 9.70. The van der Waals surface area contributed by atoms with Gasteiger partial charge in [0.2, 0.25) is 0 Å². The Kier molecular flexibility index (Phi) is 13.3. The first-order valence-electron chi connectivity index (χ1n) is 2.48. The van der Waals surface area contributed by atoms with E-state index in [4.69, 9.17) is 0 Å². The summed E-state index contributed by atoms with van der Waals surface area (Å²) in [6.45, 7) is 1.20. The first kappa shape index (κ1) is 15.1. The van der Waals surface area contributed by atoms with E-state index in [1.54, 1.807) is 0 Å². The Bertz CT molecular complexity index is 145. The maximum absolute atomic E-state index is 4.63. The van der Waals surface area contributed by atoms with Crippen molar-refractivity contribution in [3.8, 4) is 0 Å². The molecule has 0 atom stereocenters. The summed E-state index contributed by atoms with van der Waals surface area (Å²) in [6.07, 6.45) is 0. The summed E-state index contributed by atoms with van der Waals surface area (Å²) in [7, 11) is 0. The third-order valence-corrected chi connectivity index (χ3v) is 1.19. The van der Waals surface area contributed by atoms with E-state index in [2.05, 4.69) is 60.4 Å². The monoisotopic (exact) mass is 250 g/mol. The number of hydrogen-bond acceptors (Lipinski definition) is 4. The summed E-state index contributed by atoms with van der Waals surface area (Å²) in [6, 6.07) is 0. The summed E-state index contributed by atoms with van der Waals surface area (Å²) in [5.74, 6) is 0. The van der Waals surface area contributed by atoms with Crippen LogP contribution in [0.2, 0.25) is 0 Å². The first-order chi connectivity index (χ1) is 4.63. The van der Waals surface area contributed by atoms with Gasteiger partial charge in [0.1, 0.15) is 4.32 Å². The molecule has 0 unspecified atom stereocenters. The van der Waals surface area contributed by atoms with Gasteiger partial charge in [-0.15, -0.1) is 12.6 Å². The van der Waals surface area contributed by atoms with Crippen LogP contribution in [0.5, 0.6) is 0 Å². The van der Waals surface area contributed by atoms with Crippen molar-refractivity contribution >= 4 is 96.5 Å². The molecule has 2 nitrogen and oxygen atoms in total. The molecule has 0 radical (unpaired) electrons. The fourth-order valence-electron chi connectivity index (χ4n) is 0.310. The van der Waals surface area contributed by atoms with Gasteiger partial charge in [-0.25, -0.2) is 4.38 Å². The first-order valence-corrected chi connectivity index (χ1v) is 4.15. The van der Waals surface area contributed by atoms with Crippen molar-refractivity contribution in [2.45, 2.75) is 0 Å². The molecule has 0 amide bonds. The number of thiocarbonyl (C=S) groups is 1.